The molecule has 0 unspecified atom stereocenters. The Hall–Kier alpha value is -2.78. The van der Waals surface area contributed by atoms with Crippen molar-refractivity contribution in [2.24, 2.45) is 0 Å². The number of aromatic nitrogens is 2. The third kappa shape index (κ3) is 4.09. The molecule has 106 valence electrons. The maximum atomic E-state index is 13.8. The van der Waals surface area contributed by atoms with Crippen molar-refractivity contribution < 1.29 is 14.3 Å². The summed E-state index contributed by atoms with van der Waals surface area (Å²) in [7, 11) is 0. The number of halogens is 1. The zero-order chi connectivity index (χ0) is 15.1. The van der Waals surface area contributed by atoms with Gasteiger partial charge in [0, 0.05) is 24.4 Å². The van der Waals surface area contributed by atoms with Gasteiger partial charge in [-0.1, -0.05) is 11.8 Å². The highest BCUT2D eigenvalue weighted by molar-refractivity contribution is 6.03. The lowest BCUT2D eigenvalue weighted by atomic mass is 10.1. The molecule has 6 heteroatoms. The van der Waals surface area contributed by atoms with Gasteiger partial charge in [0.15, 0.2) is 5.82 Å². The predicted molar refractivity (Wildman–Crippen MR) is 75.0 cm³/mol. The van der Waals surface area contributed by atoms with Crippen molar-refractivity contribution in [3.8, 4) is 11.8 Å². The van der Waals surface area contributed by atoms with Gasteiger partial charge in [-0.05, 0) is 18.2 Å². The number of carbonyl (C=O) groups is 1. The number of aliphatic hydroxyl groups is 1. The van der Waals surface area contributed by atoms with Crippen molar-refractivity contribution in [1.82, 2.24) is 9.97 Å². The first-order valence-corrected chi connectivity index (χ1v) is 6.17. The van der Waals surface area contributed by atoms with E-state index in [1.165, 1.54) is 30.7 Å². The lowest BCUT2D eigenvalue weighted by Gasteiger charge is -2.04. The Labute approximate surface area is 120 Å². The summed E-state index contributed by atoms with van der Waals surface area (Å²) in [6.45, 7) is -0.0762. The molecule has 0 aliphatic rings. The molecule has 0 saturated heterocycles. The van der Waals surface area contributed by atoms with Gasteiger partial charge in [0.05, 0.1) is 18.4 Å². The third-order valence-corrected chi connectivity index (χ3v) is 2.50. The van der Waals surface area contributed by atoms with E-state index >= 15 is 0 Å². The first-order valence-electron chi connectivity index (χ1n) is 6.17. The Kier molecular flexibility index (Phi) is 4.96. The van der Waals surface area contributed by atoms with E-state index in [2.05, 4.69) is 27.1 Å². The summed E-state index contributed by atoms with van der Waals surface area (Å²) in [5.74, 6) is 4.43. The molecular formula is C15H12FN3O2. The molecule has 1 aromatic carbocycles. The lowest BCUT2D eigenvalue weighted by Crippen LogP contribution is -2.13. The van der Waals surface area contributed by atoms with Gasteiger partial charge < -0.3 is 10.4 Å². The molecule has 1 amide bonds. The van der Waals surface area contributed by atoms with Crippen LogP contribution < -0.4 is 5.32 Å². The Morgan fingerprint density at radius 1 is 1.38 bits per heavy atom. The fourth-order valence-electron chi connectivity index (χ4n) is 1.52. The monoisotopic (exact) mass is 285 g/mol. The normalized spacial score (nSPS) is 9.62. The fourth-order valence-corrected chi connectivity index (χ4v) is 1.52. The van der Waals surface area contributed by atoms with Crippen molar-refractivity contribution in [2.45, 2.75) is 6.42 Å². The molecule has 0 spiro atoms. The van der Waals surface area contributed by atoms with E-state index in [1.807, 2.05) is 0 Å². The van der Waals surface area contributed by atoms with Crippen molar-refractivity contribution in [1.29, 1.82) is 0 Å². The minimum atomic E-state index is -0.591. The summed E-state index contributed by atoms with van der Waals surface area (Å²) in [6.07, 6.45) is 4.59. The fraction of sp³-hybridized carbons (Fsp3) is 0.133. The summed E-state index contributed by atoms with van der Waals surface area (Å²) < 4.78 is 13.8. The smallest absolute Gasteiger partial charge is 0.256 e. The molecule has 0 aliphatic carbocycles. The predicted octanol–water partition coefficient (Wildman–Crippen LogP) is 1.60. The first-order chi connectivity index (χ1) is 10.2. The van der Waals surface area contributed by atoms with Crippen LogP contribution in [0.15, 0.2) is 36.8 Å². The molecular weight excluding hydrogens is 273 g/mol. The molecule has 2 aromatic rings. The molecule has 5 nitrogen and oxygen atoms in total. The highest BCUT2D eigenvalue weighted by Crippen LogP contribution is 2.11. The lowest BCUT2D eigenvalue weighted by molar-refractivity contribution is 0.102. The van der Waals surface area contributed by atoms with Gasteiger partial charge in [0.1, 0.15) is 5.82 Å². The molecule has 0 bridgehead atoms. The second-order valence-electron chi connectivity index (χ2n) is 4.01. The van der Waals surface area contributed by atoms with E-state index in [4.69, 9.17) is 5.11 Å². The highest BCUT2D eigenvalue weighted by atomic mass is 19.1. The van der Waals surface area contributed by atoms with Gasteiger partial charge >= 0.3 is 0 Å². The van der Waals surface area contributed by atoms with Crippen molar-refractivity contribution in [3.63, 3.8) is 0 Å². The maximum Gasteiger partial charge on any atom is 0.256 e. The Bertz CT molecular complexity index is 693. The molecule has 0 radical (unpaired) electrons. The van der Waals surface area contributed by atoms with Crippen LogP contribution in [0.3, 0.4) is 0 Å². The number of hydrogen-bond acceptors (Lipinski definition) is 4. The van der Waals surface area contributed by atoms with Crippen LogP contribution >= 0.6 is 0 Å². The number of carbonyl (C=O) groups excluding carboxylic acids is 1. The van der Waals surface area contributed by atoms with Crippen LogP contribution in [0.1, 0.15) is 22.3 Å². The minimum Gasteiger partial charge on any atom is -0.395 e. The topological polar surface area (TPSA) is 75.1 Å². The zero-order valence-electron chi connectivity index (χ0n) is 11.0. The second-order valence-corrected chi connectivity index (χ2v) is 4.01. The number of anilines is 1. The summed E-state index contributed by atoms with van der Waals surface area (Å²) in [4.78, 5) is 19.6. The molecule has 0 fully saturated rings. The third-order valence-electron chi connectivity index (χ3n) is 2.50. The number of nitrogens with one attached hydrogen (secondary N) is 1. The van der Waals surface area contributed by atoms with Crippen LogP contribution in [0.5, 0.6) is 0 Å². The number of hydrogen-bond donors (Lipinski definition) is 2. The largest absolute Gasteiger partial charge is 0.395 e. The molecule has 21 heavy (non-hydrogen) atoms. The average Bonchev–Trinajstić information content (AvgIpc) is 2.50. The van der Waals surface area contributed by atoms with Gasteiger partial charge in [-0.2, -0.15) is 0 Å². The number of aliphatic hydroxyl groups excluding tert-OH is 1. The number of rotatable bonds is 3. The molecule has 1 aromatic heterocycles. The van der Waals surface area contributed by atoms with Gasteiger partial charge in [0.2, 0.25) is 0 Å². The number of amides is 1. The molecule has 2 N–H and O–H groups in total. The van der Waals surface area contributed by atoms with E-state index in [0.717, 1.165) is 6.07 Å². The number of nitrogens with zero attached hydrogens (tertiary/aromatic N) is 2. The molecule has 0 aliphatic heterocycles. The van der Waals surface area contributed by atoms with Crippen molar-refractivity contribution in [3.05, 3.63) is 53.7 Å². The van der Waals surface area contributed by atoms with Crippen LogP contribution in [-0.2, 0) is 0 Å². The molecule has 1 heterocycles. The van der Waals surface area contributed by atoms with E-state index in [1.54, 1.807) is 0 Å². The summed E-state index contributed by atoms with van der Waals surface area (Å²) in [5.41, 5.74) is 0.338. The van der Waals surface area contributed by atoms with E-state index in [9.17, 15) is 9.18 Å². The van der Waals surface area contributed by atoms with Gasteiger partial charge in [-0.25, -0.2) is 9.37 Å². The van der Waals surface area contributed by atoms with Crippen molar-refractivity contribution >= 4 is 11.7 Å². The summed E-state index contributed by atoms with van der Waals surface area (Å²) in [5, 5.41) is 11.1. The van der Waals surface area contributed by atoms with E-state index < -0.39 is 11.7 Å². The molecule has 2 rings (SSSR count). The Morgan fingerprint density at radius 3 is 2.90 bits per heavy atom. The highest BCUT2D eigenvalue weighted by Gasteiger charge is 2.09. The first kappa shape index (κ1) is 14.6. The SMILES string of the molecule is O=C(Nc1cnccn1)c1ccc(C#CCCO)c(F)c1. The molecule has 0 atom stereocenters. The maximum absolute atomic E-state index is 13.8. The van der Waals surface area contributed by atoms with E-state index in [0.29, 0.717) is 0 Å². The average molecular weight is 285 g/mol. The van der Waals surface area contributed by atoms with Gasteiger partial charge in [-0.15, -0.1) is 0 Å². The summed E-state index contributed by atoms with van der Waals surface area (Å²) >= 11 is 0. The quantitative estimate of drug-likeness (QED) is 0.840. The van der Waals surface area contributed by atoms with Crippen molar-refractivity contribution in [2.75, 3.05) is 11.9 Å². The minimum absolute atomic E-state index is 0.0762. The van der Waals surface area contributed by atoms with Crippen LogP contribution in [-0.4, -0.2) is 27.6 Å². The van der Waals surface area contributed by atoms with E-state index in [-0.39, 0.29) is 30.0 Å². The Balaban J connectivity index is 2.13. The van der Waals surface area contributed by atoms with Crippen LogP contribution in [0.25, 0.3) is 0 Å². The van der Waals surface area contributed by atoms with Crippen LogP contribution in [0, 0.1) is 17.7 Å². The van der Waals surface area contributed by atoms with Crippen LogP contribution in [0.4, 0.5) is 10.2 Å². The molecule has 0 saturated carbocycles. The van der Waals surface area contributed by atoms with Crippen LogP contribution in [0.2, 0.25) is 0 Å². The summed E-state index contributed by atoms with van der Waals surface area (Å²) in [6, 6.07) is 4.00. The van der Waals surface area contributed by atoms with Gasteiger partial charge in [0.25, 0.3) is 5.91 Å². The zero-order valence-corrected chi connectivity index (χ0v) is 11.0. The van der Waals surface area contributed by atoms with Gasteiger partial charge in [-0.3, -0.25) is 9.78 Å². The number of benzene rings is 1. The second kappa shape index (κ2) is 7.12. The Morgan fingerprint density at radius 2 is 2.24 bits per heavy atom. The standard InChI is InChI=1S/C15H12FN3O2/c16-13-9-12(5-4-11(13)3-1-2-8-20)15(21)19-14-10-17-6-7-18-14/h4-7,9-10,20H,2,8H2,(H,18,19,21).